The van der Waals surface area contributed by atoms with E-state index in [0.29, 0.717) is 29.3 Å². The van der Waals surface area contributed by atoms with E-state index in [1.807, 2.05) is 0 Å². The first kappa shape index (κ1) is 23.8. The topological polar surface area (TPSA) is 72.5 Å². The molecule has 1 heterocycles. The molecule has 2 aromatic carbocycles. The number of carbonyl (C=O) groups excluding carboxylic acids is 1. The first-order valence-electron chi connectivity index (χ1n) is 9.42. The summed E-state index contributed by atoms with van der Waals surface area (Å²) in [6, 6.07) is 7.96. The summed E-state index contributed by atoms with van der Waals surface area (Å²) in [5.41, 5.74) is 0.851. The number of ether oxygens (including phenoxy) is 2. The maximum atomic E-state index is 14.4. The fourth-order valence-corrected chi connectivity index (χ4v) is 2.93. The fraction of sp³-hybridized carbons (Fsp3) is 0.182. The van der Waals surface area contributed by atoms with Crippen LogP contribution < -0.4 is 20.1 Å². The Bertz CT molecular complexity index is 1200. The molecule has 0 saturated heterocycles. The lowest BCUT2D eigenvalue weighted by molar-refractivity contribution is -0.275. The molecule has 3 rings (SSSR count). The minimum atomic E-state index is -5.15. The van der Waals surface area contributed by atoms with E-state index in [1.165, 1.54) is 31.4 Å². The molecule has 11 heteroatoms. The van der Waals surface area contributed by atoms with Crippen molar-refractivity contribution in [3.63, 3.8) is 0 Å². The number of nitrogens with zero attached hydrogens (tertiary/aromatic N) is 1. The Kier molecular flexibility index (Phi) is 6.70. The number of anilines is 3. The molecule has 0 radical (unpaired) electrons. The second-order valence-corrected chi connectivity index (χ2v) is 6.90. The molecule has 0 aliphatic rings. The largest absolute Gasteiger partial charge is 0.573 e. The van der Waals surface area contributed by atoms with E-state index >= 15 is 0 Å². The highest BCUT2D eigenvalue weighted by Crippen LogP contribution is 2.34. The number of aryl methyl sites for hydroxylation is 2. The van der Waals surface area contributed by atoms with E-state index in [2.05, 4.69) is 20.4 Å². The van der Waals surface area contributed by atoms with E-state index in [1.54, 1.807) is 13.8 Å². The maximum Gasteiger partial charge on any atom is 0.573 e. The van der Waals surface area contributed by atoms with Crippen LogP contribution in [0.15, 0.2) is 42.5 Å². The van der Waals surface area contributed by atoms with E-state index in [9.17, 15) is 26.7 Å². The van der Waals surface area contributed by atoms with Gasteiger partial charge < -0.3 is 20.1 Å². The van der Waals surface area contributed by atoms with Crippen LogP contribution in [0.5, 0.6) is 11.6 Å². The van der Waals surface area contributed by atoms with Crippen molar-refractivity contribution in [2.24, 2.45) is 0 Å². The van der Waals surface area contributed by atoms with Gasteiger partial charge in [-0.1, -0.05) is 0 Å². The Hall–Kier alpha value is -3.89. The number of carbonyl (C=O) groups is 1. The van der Waals surface area contributed by atoms with Crippen LogP contribution in [-0.4, -0.2) is 24.4 Å². The standard InChI is InChI=1S/C22H18F5N3O3/c1-11-8-13(23)4-5-16(11)29-18-10-19(33-22(25,26)27)15(24)9-14(18)21(31)30-17-6-7-20(32-3)28-12(17)2/h4-10,29H,1-3H3,(H,30,31). The summed E-state index contributed by atoms with van der Waals surface area (Å²) in [4.78, 5) is 17.0. The molecule has 0 spiro atoms. The number of halogens is 5. The molecular weight excluding hydrogens is 449 g/mol. The summed E-state index contributed by atoms with van der Waals surface area (Å²) in [6.07, 6.45) is -5.15. The number of hydrogen-bond acceptors (Lipinski definition) is 5. The lowest BCUT2D eigenvalue weighted by Crippen LogP contribution is -2.20. The number of hydrogen-bond donors (Lipinski definition) is 2. The lowest BCUT2D eigenvalue weighted by Gasteiger charge is -2.17. The first-order chi connectivity index (χ1) is 15.5. The molecule has 0 bridgehead atoms. The molecule has 174 valence electrons. The summed E-state index contributed by atoms with van der Waals surface area (Å²) < 4.78 is 74.6. The SMILES string of the molecule is COc1ccc(NC(=O)c2cc(F)c(OC(F)(F)F)cc2Nc2ccc(F)cc2C)c(C)n1. The van der Waals surface area contributed by atoms with Crippen molar-refractivity contribution in [3.05, 3.63) is 70.9 Å². The monoisotopic (exact) mass is 467 g/mol. The summed E-state index contributed by atoms with van der Waals surface area (Å²) in [5, 5.41) is 5.28. The van der Waals surface area contributed by atoms with Gasteiger partial charge in [0.2, 0.25) is 5.88 Å². The third-order valence-electron chi connectivity index (χ3n) is 4.52. The molecule has 0 aliphatic heterocycles. The second kappa shape index (κ2) is 9.31. The Balaban J connectivity index is 2.02. The maximum absolute atomic E-state index is 14.4. The summed E-state index contributed by atoms with van der Waals surface area (Å²) >= 11 is 0. The van der Waals surface area contributed by atoms with Crippen molar-refractivity contribution in [2.45, 2.75) is 20.2 Å². The average Bonchev–Trinajstić information content (AvgIpc) is 2.72. The Morgan fingerprint density at radius 3 is 2.27 bits per heavy atom. The second-order valence-electron chi connectivity index (χ2n) is 6.90. The average molecular weight is 467 g/mol. The number of alkyl halides is 3. The molecule has 0 saturated carbocycles. The zero-order chi connectivity index (χ0) is 24.3. The van der Waals surface area contributed by atoms with Gasteiger partial charge in [0, 0.05) is 17.8 Å². The van der Waals surface area contributed by atoms with Crippen LogP contribution in [0.25, 0.3) is 0 Å². The molecule has 0 atom stereocenters. The van der Waals surface area contributed by atoms with Gasteiger partial charge in [0.15, 0.2) is 11.6 Å². The fourth-order valence-electron chi connectivity index (χ4n) is 2.93. The van der Waals surface area contributed by atoms with Crippen molar-refractivity contribution in [2.75, 3.05) is 17.7 Å². The zero-order valence-corrected chi connectivity index (χ0v) is 17.6. The van der Waals surface area contributed by atoms with Crippen LogP contribution in [0.3, 0.4) is 0 Å². The quantitative estimate of drug-likeness (QED) is 0.443. The number of methoxy groups -OCH3 is 1. The normalized spacial score (nSPS) is 11.2. The van der Waals surface area contributed by atoms with Crippen LogP contribution in [0.4, 0.5) is 39.0 Å². The summed E-state index contributed by atoms with van der Waals surface area (Å²) in [5.74, 6) is -3.59. The van der Waals surface area contributed by atoms with Gasteiger partial charge in [0.05, 0.1) is 29.7 Å². The lowest BCUT2D eigenvalue weighted by atomic mass is 10.1. The van der Waals surface area contributed by atoms with Gasteiger partial charge in [-0.2, -0.15) is 0 Å². The molecule has 1 amide bonds. The zero-order valence-electron chi connectivity index (χ0n) is 17.6. The van der Waals surface area contributed by atoms with Crippen LogP contribution in [0.1, 0.15) is 21.6 Å². The van der Waals surface area contributed by atoms with Crippen LogP contribution >= 0.6 is 0 Å². The Morgan fingerprint density at radius 2 is 1.67 bits per heavy atom. The number of amides is 1. The molecule has 6 nitrogen and oxygen atoms in total. The van der Waals surface area contributed by atoms with Gasteiger partial charge in [-0.15, -0.1) is 13.2 Å². The smallest absolute Gasteiger partial charge is 0.481 e. The summed E-state index contributed by atoms with van der Waals surface area (Å²) in [7, 11) is 1.42. The van der Waals surface area contributed by atoms with Crippen LogP contribution in [0.2, 0.25) is 0 Å². The molecule has 0 fully saturated rings. The van der Waals surface area contributed by atoms with Crippen molar-refractivity contribution >= 4 is 23.0 Å². The number of rotatable bonds is 6. The van der Waals surface area contributed by atoms with Crippen molar-refractivity contribution in [3.8, 4) is 11.6 Å². The van der Waals surface area contributed by atoms with Gasteiger partial charge in [0.25, 0.3) is 5.91 Å². The predicted octanol–water partition coefficient (Wildman–Crippen LogP) is 5.88. The van der Waals surface area contributed by atoms with E-state index in [0.717, 1.165) is 6.07 Å². The predicted molar refractivity (Wildman–Crippen MR) is 111 cm³/mol. The minimum absolute atomic E-state index is 0.193. The third-order valence-corrected chi connectivity index (χ3v) is 4.52. The van der Waals surface area contributed by atoms with Crippen molar-refractivity contribution < 1.29 is 36.2 Å². The van der Waals surface area contributed by atoms with E-state index in [-0.39, 0.29) is 22.6 Å². The number of aromatic nitrogens is 1. The van der Waals surface area contributed by atoms with E-state index in [4.69, 9.17) is 4.74 Å². The Morgan fingerprint density at radius 1 is 0.970 bits per heavy atom. The minimum Gasteiger partial charge on any atom is -0.481 e. The third kappa shape index (κ3) is 5.88. The van der Waals surface area contributed by atoms with Gasteiger partial charge in [-0.3, -0.25) is 4.79 Å². The van der Waals surface area contributed by atoms with Crippen molar-refractivity contribution in [1.82, 2.24) is 4.98 Å². The highest BCUT2D eigenvalue weighted by Gasteiger charge is 2.33. The first-order valence-corrected chi connectivity index (χ1v) is 9.42. The van der Waals surface area contributed by atoms with Crippen LogP contribution in [-0.2, 0) is 0 Å². The Labute approximate surface area is 185 Å². The summed E-state index contributed by atoms with van der Waals surface area (Å²) in [6.45, 7) is 3.15. The van der Waals surface area contributed by atoms with Gasteiger partial charge in [0.1, 0.15) is 5.82 Å². The molecule has 3 aromatic rings. The van der Waals surface area contributed by atoms with Crippen LogP contribution in [0, 0.1) is 25.5 Å². The number of benzene rings is 2. The molecule has 33 heavy (non-hydrogen) atoms. The highest BCUT2D eigenvalue weighted by atomic mass is 19.4. The number of nitrogens with one attached hydrogen (secondary N) is 2. The highest BCUT2D eigenvalue weighted by molar-refractivity contribution is 6.09. The van der Waals surface area contributed by atoms with E-state index < -0.39 is 29.7 Å². The molecule has 2 N–H and O–H groups in total. The molecule has 1 aromatic heterocycles. The molecule has 0 aliphatic carbocycles. The van der Waals surface area contributed by atoms with Gasteiger partial charge in [-0.05, 0) is 49.7 Å². The molecular formula is C22H18F5N3O3. The van der Waals surface area contributed by atoms with Gasteiger partial charge in [-0.25, -0.2) is 13.8 Å². The molecule has 0 unspecified atom stereocenters. The van der Waals surface area contributed by atoms with Gasteiger partial charge >= 0.3 is 6.36 Å². The number of pyridine rings is 1. The van der Waals surface area contributed by atoms with Crippen molar-refractivity contribution in [1.29, 1.82) is 0 Å².